The lowest BCUT2D eigenvalue weighted by Crippen LogP contribution is -2.40. The van der Waals surface area contributed by atoms with E-state index in [1.807, 2.05) is 11.0 Å². The number of hydrogen-bond donors (Lipinski definition) is 2. The second kappa shape index (κ2) is 5.99. The third-order valence-corrected chi connectivity index (χ3v) is 2.68. The number of halogens is 1. The topological polar surface area (TPSA) is 80.0 Å². The Hall–Kier alpha value is -2.37. The maximum atomic E-state index is 12.7. The van der Waals surface area contributed by atoms with Crippen LogP contribution in [0.3, 0.4) is 0 Å². The minimum Gasteiger partial charge on any atom is -0.369 e. The van der Waals surface area contributed by atoms with Crippen molar-refractivity contribution in [2.75, 3.05) is 13.1 Å². The number of rotatable bonds is 1. The molecule has 2 rings (SSSR count). The maximum absolute atomic E-state index is 12.7. The van der Waals surface area contributed by atoms with Gasteiger partial charge in [-0.3, -0.25) is 0 Å². The summed E-state index contributed by atoms with van der Waals surface area (Å²) in [4.78, 5) is 10.00. The van der Waals surface area contributed by atoms with E-state index in [1.54, 1.807) is 0 Å². The fourth-order valence-corrected chi connectivity index (χ4v) is 1.71. The highest BCUT2D eigenvalue weighted by Gasteiger charge is 2.08. The summed E-state index contributed by atoms with van der Waals surface area (Å²) < 4.78 is 12.7. The van der Waals surface area contributed by atoms with E-state index in [4.69, 9.17) is 11.5 Å². The van der Waals surface area contributed by atoms with Crippen molar-refractivity contribution in [3.63, 3.8) is 0 Å². The first-order valence-corrected chi connectivity index (χ1v) is 5.99. The molecular formula is C13H16FN5. The summed E-state index contributed by atoms with van der Waals surface area (Å²) in [7, 11) is 0. The van der Waals surface area contributed by atoms with E-state index < -0.39 is 0 Å². The zero-order chi connectivity index (χ0) is 13.7. The maximum Gasteiger partial charge on any atom is 0.223 e. The van der Waals surface area contributed by atoms with Gasteiger partial charge in [0.2, 0.25) is 5.96 Å². The molecular weight excluding hydrogens is 245 g/mol. The lowest BCUT2D eigenvalue weighted by Gasteiger charge is -2.23. The van der Waals surface area contributed by atoms with Gasteiger partial charge in [0.05, 0.1) is 5.69 Å². The monoisotopic (exact) mass is 261 g/mol. The van der Waals surface area contributed by atoms with Gasteiger partial charge >= 0.3 is 0 Å². The predicted octanol–water partition coefficient (Wildman–Crippen LogP) is 1.35. The van der Waals surface area contributed by atoms with Crippen LogP contribution in [0.15, 0.2) is 46.4 Å². The molecule has 4 N–H and O–H groups in total. The Morgan fingerprint density at radius 1 is 1.16 bits per heavy atom. The molecule has 19 heavy (non-hydrogen) atoms. The van der Waals surface area contributed by atoms with Gasteiger partial charge in [0.15, 0.2) is 5.96 Å². The molecule has 6 heteroatoms. The lowest BCUT2D eigenvalue weighted by atomic mass is 10.3. The molecule has 5 nitrogen and oxygen atoms in total. The SMILES string of the molecule is NC(=Nc1ccc(F)cc1)N=C(N)N1CC=CCC1. The van der Waals surface area contributed by atoms with Crippen LogP contribution in [-0.2, 0) is 0 Å². The molecule has 0 amide bonds. The standard InChI is InChI=1S/C13H16FN5/c14-10-4-6-11(7-5-10)17-12(15)18-13(16)19-8-2-1-3-9-19/h1-2,4-7H,3,8-9H2,(H4,15,16,17,18). The first-order chi connectivity index (χ1) is 9.15. The van der Waals surface area contributed by atoms with E-state index in [9.17, 15) is 4.39 Å². The van der Waals surface area contributed by atoms with E-state index in [2.05, 4.69) is 16.1 Å². The van der Waals surface area contributed by atoms with Gasteiger partial charge in [0.25, 0.3) is 0 Å². The Morgan fingerprint density at radius 3 is 2.53 bits per heavy atom. The zero-order valence-corrected chi connectivity index (χ0v) is 10.5. The van der Waals surface area contributed by atoms with E-state index in [-0.39, 0.29) is 11.8 Å². The molecule has 100 valence electrons. The van der Waals surface area contributed by atoms with E-state index in [0.29, 0.717) is 11.6 Å². The van der Waals surface area contributed by atoms with E-state index >= 15 is 0 Å². The summed E-state index contributed by atoms with van der Waals surface area (Å²) in [5, 5.41) is 0. The van der Waals surface area contributed by atoms with Gasteiger partial charge < -0.3 is 16.4 Å². The highest BCUT2D eigenvalue weighted by atomic mass is 19.1. The molecule has 0 saturated heterocycles. The van der Waals surface area contributed by atoms with Crippen LogP contribution >= 0.6 is 0 Å². The molecule has 0 bridgehead atoms. The average molecular weight is 261 g/mol. The minimum absolute atomic E-state index is 0.0543. The van der Waals surface area contributed by atoms with Gasteiger partial charge in [-0.25, -0.2) is 9.38 Å². The zero-order valence-electron chi connectivity index (χ0n) is 10.5. The van der Waals surface area contributed by atoms with Gasteiger partial charge in [-0.2, -0.15) is 4.99 Å². The highest BCUT2D eigenvalue weighted by Crippen LogP contribution is 2.12. The van der Waals surface area contributed by atoms with Crippen LogP contribution in [0.1, 0.15) is 6.42 Å². The smallest absolute Gasteiger partial charge is 0.223 e. The van der Waals surface area contributed by atoms with Crippen LogP contribution in [0.5, 0.6) is 0 Å². The van der Waals surface area contributed by atoms with Crippen molar-refractivity contribution in [3.8, 4) is 0 Å². The normalized spacial score (nSPS) is 16.8. The molecule has 1 heterocycles. The largest absolute Gasteiger partial charge is 0.369 e. The minimum atomic E-state index is -0.319. The van der Waals surface area contributed by atoms with Crippen molar-refractivity contribution < 1.29 is 4.39 Å². The molecule has 0 fully saturated rings. The van der Waals surface area contributed by atoms with Crippen molar-refractivity contribution in [1.29, 1.82) is 0 Å². The molecule has 0 aromatic heterocycles. The van der Waals surface area contributed by atoms with Gasteiger partial charge in [0, 0.05) is 13.1 Å². The number of aliphatic imine (C=N–C) groups is 2. The summed E-state index contributed by atoms with van der Waals surface area (Å²) in [6.45, 7) is 1.54. The average Bonchev–Trinajstić information content (AvgIpc) is 2.42. The van der Waals surface area contributed by atoms with Gasteiger partial charge in [-0.1, -0.05) is 12.2 Å². The van der Waals surface area contributed by atoms with Crippen LogP contribution in [0.25, 0.3) is 0 Å². The van der Waals surface area contributed by atoms with Crippen molar-refractivity contribution in [2.24, 2.45) is 21.5 Å². The fourth-order valence-electron chi connectivity index (χ4n) is 1.71. The molecule has 0 aliphatic carbocycles. The summed E-state index contributed by atoms with van der Waals surface area (Å²) >= 11 is 0. The Balaban J connectivity index is 2.08. The Morgan fingerprint density at radius 2 is 1.89 bits per heavy atom. The predicted molar refractivity (Wildman–Crippen MR) is 74.6 cm³/mol. The highest BCUT2D eigenvalue weighted by molar-refractivity contribution is 5.94. The van der Waals surface area contributed by atoms with E-state index in [0.717, 1.165) is 19.5 Å². The first-order valence-electron chi connectivity index (χ1n) is 5.99. The van der Waals surface area contributed by atoms with Crippen molar-refractivity contribution in [3.05, 3.63) is 42.2 Å². The quantitative estimate of drug-likeness (QED) is 0.455. The van der Waals surface area contributed by atoms with Gasteiger partial charge in [0.1, 0.15) is 5.82 Å². The molecule has 1 aliphatic heterocycles. The Kier molecular flexibility index (Phi) is 4.12. The third kappa shape index (κ3) is 3.80. The molecule has 0 spiro atoms. The Bertz CT molecular complexity index is 518. The summed E-state index contributed by atoms with van der Waals surface area (Å²) in [5.41, 5.74) is 12.1. The van der Waals surface area contributed by atoms with Crippen LogP contribution in [-0.4, -0.2) is 29.9 Å². The third-order valence-electron chi connectivity index (χ3n) is 2.68. The van der Waals surface area contributed by atoms with Crippen molar-refractivity contribution in [1.82, 2.24) is 4.90 Å². The van der Waals surface area contributed by atoms with Gasteiger partial charge in [-0.15, -0.1) is 0 Å². The Labute approximate surface area is 111 Å². The summed E-state index contributed by atoms with van der Waals surface area (Å²) in [6.07, 6.45) is 5.06. The fraction of sp³-hybridized carbons (Fsp3) is 0.231. The number of guanidine groups is 2. The molecule has 0 radical (unpaired) electrons. The second-order valence-electron chi connectivity index (χ2n) is 4.12. The lowest BCUT2D eigenvalue weighted by molar-refractivity contribution is 0.450. The van der Waals surface area contributed by atoms with Gasteiger partial charge in [-0.05, 0) is 30.7 Å². The van der Waals surface area contributed by atoms with Crippen LogP contribution in [0.4, 0.5) is 10.1 Å². The summed E-state index contributed by atoms with van der Waals surface area (Å²) in [6, 6.07) is 5.68. The molecule has 1 aromatic rings. The summed E-state index contributed by atoms with van der Waals surface area (Å²) in [5.74, 6) is 0.0759. The van der Waals surface area contributed by atoms with Crippen molar-refractivity contribution >= 4 is 17.6 Å². The number of nitrogens with two attached hydrogens (primary N) is 2. The molecule has 1 aliphatic rings. The number of benzene rings is 1. The molecule has 0 atom stereocenters. The van der Waals surface area contributed by atoms with E-state index in [1.165, 1.54) is 24.3 Å². The van der Waals surface area contributed by atoms with Crippen LogP contribution < -0.4 is 11.5 Å². The number of nitrogens with zero attached hydrogens (tertiary/aromatic N) is 3. The number of hydrogen-bond acceptors (Lipinski definition) is 1. The van der Waals surface area contributed by atoms with Crippen LogP contribution in [0, 0.1) is 5.82 Å². The molecule has 0 unspecified atom stereocenters. The van der Waals surface area contributed by atoms with Crippen LogP contribution in [0.2, 0.25) is 0 Å². The molecule has 0 saturated carbocycles. The molecule has 1 aromatic carbocycles. The second-order valence-corrected chi connectivity index (χ2v) is 4.12. The van der Waals surface area contributed by atoms with Crippen molar-refractivity contribution in [2.45, 2.75) is 6.42 Å². The first kappa shape index (κ1) is 13.1.